The molecule has 11 heavy (non-hydrogen) atoms. The first-order chi connectivity index (χ1) is 5.29. The summed E-state index contributed by atoms with van der Waals surface area (Å²) in [5.41, 5.74) is 2.69. The van der Waals surface area contributed by atoms with Gasteiger partial charge in [0.2, 0.25) is 0 Å². The molecule has 1 aromatic heterocycles. The minimum absolute atomic E-state index is 0.197. The average molecular weight is 188 g/mol. The number of carboxylic acids is 1. The summed E-state index contributed by atoms with van der Waals surface area (Å²) in [6.45, 7) is 0. The third-order valence-corrected chi connectivity index (χ3v) is 2.83. The van der Waals surface area contributed by atoms with Crippen molar-refractivity contribution < 1.29 is 9.90 Å². The summed E-state index contributed by atoms with van der Waals surface area (Å²) in [5.74, 6) is -0.156. The number of hydrogen-bond acceptors (Lipinski definition) is 4. The predicted octanol–water partition coefficient (Wildman–Crippen LogP) is 1.51. The van der Waals surface area contributed by atoms with Crippen molar-refractivity contribution in [2.45, 2.75) is 10.6 Å². The smallest absolute Gasteiger partial charge is 0.304 e. The number of carbonyl (C=O) groups is 1. The monoisotopic (exact) mass is 188 g/mol. The van der Waals surface area contributed by atoms with Gasteiger partial charge in [-0.1, -0.05) is 0 Å². The van der Waals surface area contributed by atoms with E-state index in [1.807, 2.05) is 0 Å². The standard InChI is InChI=1S/C6H6NO2S2/c8-5(9)1-2-10-6-3-7-4-11-6/h3H,1-2H2,(H,8,9). The summed E-state index contributed by atoms with van der Waals surface area (Å²) in [5, 5.41) is 8.31. The van der Waals surface area contributed by atoms with Crippen LogP contribution in [-0.2, 0) is 4.79 Å². The van der Waals surface area contributed by atoms with E-state index in [2.05, 4.69) is 10.5 Å². The van der Waals surface area contributed by atoms with Crippen LogP contribution < -0.4 is 0 Å². The maximum Gasteiger partial charge on any atom is 0.304 e. The summed E-state index contributed by atoms with van der Waals surface area (Å²) in [4.78, 5) is 13.8. The maximum atomic E-state index is 10.1. The van der Waals surface area contributed by atoms with Crippen molar-refractivity contribution in [3.05, 3.63) is 11.7 Å². The van der Waals surface area contributed by atoms with E-state index in [1.54, 1.807) is 6.20 Å². The molecular formula is C6H6NO2S2. The van der Waals surface area contributed by atoms with Gasteiger partial charge in [0.25, 0.3) is 0 Å². The lowest BCUT2D eigenvalue weighted by Crippen LogP contribution is -1.95. The topological polar surface area (TPSA) is 50.2 Å². The second-order valence-corrected chi connectivity index (χ2v) is 3.98. The number of aliphatic carboxylic acids is 1. The molecule has 1 heterocycles. The fourth-order valence-electron chi connectivity index (χ4n) is 0.482. The zero-order valence-electron chi connectivity index (χ0n) is 5.61. The Bertz CT molecular complexity index is 222. The highest BCUT2D eigenvalue weighted by atomic mass is 32.2. The van der Waals surface area contributed by atoms with E-state index in [0.29, 0.717) is 5.75 Å². The molecule has 1 N–H and O–H groups in total. The van der Waals surface area contributed by atoms with Gasteiger partial charge in [0, 0.05) is 5.75 Å². The van der Waals surface area contributed by atoms with Crippen molar-refractivity contribution in [2.24, 2.45) is 0 Å². The second kappa shape index (κ2) is 4.35. The highest BCUT2D eigenvalue weighted by Crippen LogP contribution is 2.21. The van der Waals surface area contributed by atoms with Crippen molar-refractivity contribution in [3.63, 3.8) is 0 Å². The number of rotatable bonds is 4. The molecule has 0 aliphatic heterocycles. The molecule has 59 valence electrons. The van der Waals surface area contributed by atoms with Crippen molar-refractivity contribution in [1.29, 1.82) is 0 Å². The SMILES string of the molecule is O=C(O)CCSc1cn[c]s1. The zero-order chi connectivity index (χ0) is 8.10. The van der Waals surface area contributed by atoms with Crippen LogP contribution in [0.4, 0.5) is 0 Å². The number of hydrogen-bond donors (Lipinski definition) is 1. The lowest BCUT2D eigenvalue weighted by atomic mass is 10.5. The quantitative estimate of drug-likeness (QED) is 0.728. The minimum atomic E-state index is -0.758. The van der Waals surface area contributed by atoms with Crippen LogP contribution >= 0.6 is 23.1 Å². The Labute approximate surface area is 72.5 Å². The fourth-order valence-corrected chi connectivity index (χ4v) is 1.99. The Hall–Kier alpha value is -0.550. The van der Waals surface area contributed by atoms with Gasteiger partial charge in [-0.2, -0.15) is 0 Å². The van der Waals surface area contributed by atoms with Crippen LogP contribution in [0.15, 0.2) is 10.4 Å². The predicted molar refractivity (Wildman–Crippen MR) is 43.9 cm³/mol. The van der Waals surface area contributed by atoms with Crippen molar-refractivity contribution in [2.75, 3.05) is 5.75 Å². The molecule has 1 aromatic rings. The largest absolute Gasteiger partial charge is 0.481 e. The number of aromatic nitrogens is 1. The molecular weight excluding hydrogens is 182 g/mol. The van der Waals surface area contributed by atoms with E-state index in [4.69, 9.17) is 5.11 Å². The van der Waals surface area contributed by atoms with Crippen LogP contribution in [-0.4, -0.2) is 21.8 Å². The molecule has 0 aliphatic rings. The molecule has 0 atom stereocenters. The molecule has 0 spiro atoms. The normalized spacial score (nSPS) is 9.82. The van der Waals surface area contributed by atoms with Crippen LogP contribution in [0.1, 0.15) is 6.42 Å². The van der Waals surface area contributed by atoms with Crippen LogP contribution in [0.5, 0.6) is 0 Å². The highest BCUT2D eigenvalue weighted by molar-refractivity contribution is 8.01. The molecule has 3 nitrogen and oxygen atoms in total. The van der Waals surface area contributed by atoms with Crippen molar-refractivity contribution in [3.8, 4) is 0 Å². The summed E-state index contributed by atoms with van der Waals surface area (Å²) in [6.07, 6.45) is 1.89. The summed E-state index contributed by atoms with van der Waals surface area (Å²) < 4.78 is 1.02. The molecule has 1 rings (SSSR count). The van der Waals surface area contributed by atoms with Gasteiger partial charge >= 0.3 is 5.97 Å². The molecule has 0 saturated heterocycles. The molecule has 0 fully saturated rings. The lowest BCUT2D eigenvalue weighted by molar-refractivity contribution is -0.136. The summed E-state index contributed by atoms with van der Waals surface area (Å²) in [7, 11) is 0. The van der Waals surface area contributed by atoms with Crippen LogP contribution in [0.25, 0.3) is 0 Å². The van der Waals surface area contributed by atoms with Gasteiger partial charge in [0.1, 0.15) is 0 Å². The average Bonchev–Trinajstić information content (AvgIpc) is 2.39. The molecule has 5 heteroatoms. The van der Waals surface area contributed by atoms with Crippen LogP contribution in [0.2, 0.25) is 0 Å². The lowest BCUT2D eigenvalue weighted by Gasteiger charge is -1.91. The van der Waals surface area contributed by atoms with Gasteiger partial charge in [-0.3, -0.25) is 4.79 Å². The Morgan fingerprint density at radius 2 is 2.73 bits per heavy atom. The molecule has 0 saturated carbocycles. The van der Waals surface area contributed by atoms with Gasteiger partial charge in [-0.05, 0) is 0 Å². The Morgan fingerprint density at radius 1 is 1.91 bits per heavy atom. The van der Waals surface area contributed by atoms with Gasteiger partial charge < -0.3 is 5.11 Å². The van der Waals surface area contributed by atoms with Gasteiger partial charge in [-0.25, -0.2) is 4.98 Å². The van der Waals surface area contributed by atoms with E-state index in [9.17, 15) is 4.79 Å². The molecule has 0 aromatic carbocycles. The molecule has 0 unspecified atom stereocenters. The summed E-state index contributed by atoms with van der Waals surface area (Å²) >= 11 is 2.91. The molecule has 0 aliphatic carbocycles. The first-order valence-corrected chi connectivity index (χ1v) is 4.75. The highest BCUT2D eigenvalue weighted by Gasteiger charge is 1.99. The first-order valence-electron chi connectivity index (χ1n) is 2.95. The number of thioether (sulfide) groups is 1. The van der Waals surface area contributed by atoms with Gasteiger partial charge in [-0.15, -0.1) is 23.1 Å². The molecule has 0 bridgehead atoms. The molecule has 1 radical (unpaired) electrons. The third kappa shape index (κ3) is 3.38. The van der Waals surface area contributed by atoms with E-state index in [0.717, 1.165) is 4.21 Å². The number of nitrogens with zero attached hydrogens (tertiary/aromatic N) is 1. The number of carboxylic acid groups (broad SMARTS) is 1. The second-order valence-electron chi connectivity index (χ2n) is 1.76. The Balaban J connectivity index is 2.19. The third-order valence-electron chi connectivity index (χ3n) is 0.929. The zero-order valence-corrected chi connectivity index (χ0v) is 7.24. The maximum absolute atomic E-state index is 10.1. The van der Waals surface area contributed by atoms with E-state index in [1.165, 1.54) is 23.1 Å². The van der Waals surface area contributed by atoms with E-state index >= 15 is 0 Å². The first kappa shape index (κ1) is 8.55. The summed E-state index contributed by atoms with van der Waals surface area (Å²) in [6, 6.07) is 0. The van der Waals surface area contributed by atoms with E-state index < -0.39 is 5.97 Å². The minimum Gasteiger partial charge on any atom is -0.481 e. The van der Waals surface area contributed by atoms with Crippen LogP contribution in [0.3, 0.4) is 0 Å². The number of thiazole rings is 1. The van der Waals surface area contributed by atoms with Crippen molar-refractivity contribution >= 4 is 29.1 Å². The Morgan fingerprint density at radius 3 is 3.27 bits per heavy atom. The van der Waals surface area contributed by atoms with Crippen molar-refractivity contribution in [1.82, 2.24) is 4.98 Å². The van der Waals surface area contributed by atoms with Gasteiger partial charge in [0.05, 0.1) is 16.8 Å². The van der Waals surface area contributed by atoms with Crippen LogP contribution in [0, 0.1) is 5.51 Å². The Kier molecular flexibility index (Phi) is 3.38. The fraction of sp³-hybridized carbons (Fsp3) is 0.333. The van der Waals surface area contributed by atoms with Gasteiger partial charge in [0.15, 0.2) is 5.51 Å². The van der Waals surface area contributed by atoms with E-state index in [-0.39, 0.29) is 6.42 Å². The molecule has 0 amide bonds.